The molecular formula is C17H21ClN4O2. The summed E-state index contributed by atoms with van der Waals surface area (Å²) in [6.45, 7) is 1.94. The summed E-state index contributed by atoms with van der Waals surface area (Å²) in [5.74, 6) is 1.04. The molecule has 0 spiro atoms. The summed E-state index contributed by atoms with van der Waals surface area (Å²) in [5, 5.41) is 10.8. The molecule has 1 fully saturated rings. The molecule has 1 aromatic heterocycles. The van der Waals surface area contributed by atoms with E-state index in [1.165, 1.54) is 6.42 Å². The van der Waals surface area contributed by atoms with Gasteiger partial charge >= 0.3 is 0 Å². The highest BCUT2D eigenvalue weighted by Crippen LogP contribution is 2.35. The predicted octanol–water partition coefficient (Wildman–Crippen LogP) is 3.42. The van der Waals surface area contributed by atoms with Crippen LogP contribution in [0.5, 0.6) is 0 Å². The second kappa shape index (κ2) is 7.32. The minimum atomic E-state index is -0.395. The van der Waals surface area contributed by atoms with Crippen LogP contribution in [-0.2, 0) is 10.3 Å². The summed E-state index contributed by atoms with van der Waals surface area (Å²) in [4.78, 5) is 16.7. The van der Waals surface area contributed by atoms with E-state index in [-0.39, 0.29) is 12.5 Å². The molecule has 1 saturated carbocycles. The van der Waals surface area contributed by atoms with E-state index in [1.54, 1.807) is 19.1 Å². The molecule has 0 atom stereocenters. The molecule has 1 amide bonds. The largest absolute Gasteiger partial charge is 0.340 e. The fraction of sp³-hybridized carbons (Fsp3) is 0.471. The van der Waals surface area contributed by atoms with Gasteiger partial charge in [0.2, 0.25) is 11.8 Å². The number of amides is 1. The Morgan fingerprint density at radius 2 is 2.04 bits per heavy atom. The van der Waals surface area contributed by atoms with E-state index in [2.05, 4.69) is 20.8 Å². The van der Waals surface area contributed by atoms with Crippen LogP contribution in [0, 0.1) is 6.92 Å². The zero-order valence-corrected chi connectivity index (χ0v) is 14.4. The Morgan fingerprint density at radius 1 is 1.29 bits per heavy atom. The van der Waals surface area contributed by atoms with Crippen molar-refractivity contribution in [2.75, 3.05) is 11.9 Å². The van der Waals surface area contributed by atoms with E-state index >= 15 is 0 Å². The molecule has 0 aliphatic heterocycles. The van der Waals surface area contributed by atoms with Gasteiger partial charge in [-0.3, -0.25) is 10.1 Å². The van der Waals surface area contributed by atoms with Crippen LogP contribution in [-0.4, -0.2) is 22.6 Å². The van der Waals surface area contributed by atoms with Crippen molar-refractivity contribution < 1.29 is 9.32 Å². The second-order valence-electron chi connectivity index (χ2n) is 6.16. The van der Waals surface area contributed by atoms with Crippen LogP contribution in [0.4, 0.5) is 5.69 Å². The van der Waals surface area contributed by atoms with Crippen molar-refractivity contribution in [3.8, 4) is 0 Å². The van der Waals surface area contributed by atoms with Crippen LogP contribution in [0.2, 0.25) is 5.02 Å². The van der Waals surface area contributed by atoms with Gasteiger partial charge in [-0.2, -0.15) is 4.98 Å². The number of aryl methyl sites for hydroxylation is 1. The van der Waals surface area contributed by atoms with Gasteiger partial charge in [-0.15, -0.1) is 0 Å². The van der Waals surface area contributed by atoms with Crippen molar-refractivity contribution >= 4 is 23.2 Å². The lowest BCUT2D eigenvalue weighted by molar-refractivity contribution is -0.115. The Balaban J connectivity index is 1.67. The second-order valence-corrected chi connectivity index (χ2v) is 6.57. The molecule has 24 heavy (non-hydrogen) atoms. The number of para-hydroxylation sites is 1. The lowest BCUT2D eigenvalue weighted by Crippen LogP contribution is -2.48. The molecule has 0 saturated heterocycles. The topological polar surface area (TPSA) is 80.0 Å². The molecule has 7 heteroatoms. The summed E-state index contributed by atoms with van der Waals surface area (Å²) in [7, 11) is 0. The van der Waals surface area contributed by atoms with Gasteiger partial charge < -0.3 is 9.84 Å². The standard InChI is InChI=1S/C17H21ClN4O2/c1-12-20-16(22-24-12)17(9-5-2-6-10-17)19-11-15(23)21-14-8-4-3-7-13(14)18/h3-4,7-8,19H,2,5-6,9-11H2,1H3,(H,21,23). The number of carbonyl (C=O) groups is 1. The van der Waals surface area contributed by atoms with Gasteiger partial charge in [-0.25, -0.2) is 0 Å². The summed E-state index contributed by atoms with van der Waals surface area (Å²) in [6.07, 6.45) is 5.13. The number of rotatable bonds is 5. The van der Waals surface area contributed by atoms with Gasteiger partial charge in [0.05, 0.1) is 22.8 Å². The van der Waals surface area contributed by atoms with Crippen molar-refractivity contribution in [1.29, 1.82) is 0 Å². The maximum Gasteiger partial charge on any atom is 0.238 e. The third kappa shape index (κ3) is 3.76. The molecule has 3 rings (SSSR count). The maximum absolute atomic E-state index is 12.3. The van der Waals surface area contributed by atoms with Crippen molar-refractivity contribution in [2.45, 2.75) is 44.6 Å². The highest BCUT2D eigenvalue weighted by atomic mass is 35.5. The minimum absolute atomic E-state index is 0.145. The van der Waals surface area contributed by atoms with Gasteiger partial charge in [0.15, 0.2) is 5.82 Å². The molecular weight excluding hydrogens is 328 g/mol. The first-order chi connectivity index (χ1) is 11.6. The van der Waals surface area contributed by atoms with Crippen LogP contribution < -0.4 is 10.6 Å². The zero-order valence-electron chi connectivity index (χ0n) is 13.6. The fourth-order valence-electron chi connectivity index (χ4n) is 3.13. The Hall–Kier alpha value is -1.92. The predicted molar refractivity (Wildman–Crippen MR) is 91.9 cm³/mol. The Bertz CT molecular complexity index is 710. The third-order valence-electron chi connectivity index (χ3n) is 4.40. The van der Waals surface area contributed by atoms with Gasteiger partial charge in [0.25, 0.3) is 0 Å². The molecule has 0 radical (unpaired) electrons. The van der Waals surface area contributed by atoms with Crippen LogP contribution in [0.25, 0.3) is 0 Å². The van der Waals surface area contributed by atoms with Crippen LogP contribution in [0.1, 0.15) is 43.8 Å². The first kappa shape index (κ1) is 16.9. The Morgan fingerprint density at radius 3 is 2.71 bits per heavy atom. The third-order valence-corrected chi connectivity index (χ3v) is 4.73. The van der Waals surface area contributed by atoms with E-state index in [0.717, 1.165) is 25.7 Å². The first-order valence-corrected chi connectivity index (χ1v) is 8.57. The molecule has 0 bridgehead atoms. The van der Waals surface area contributed by atoms with E-state index in [4.69, 9.17) is 16.1 Å². The Kier molecular flexibility index (Phi) is 5.16. The summed E-state index contributed by atoms with van der Waals surface area (Å²) in [5.41, 5.74) is 0.215. The smallest absolute Gasteiger partial charge is 0.238 e. The summed E-state index contributed by atoms with van der Waals surface area (Å²) in [6, 6.07) is 7.18. The number of anilines is 1. The summed E-state index contributed by atoms with van der Waals surface area (Å²) >= 11 is 6.08. The fourth-order valence-corrected chi connectivity index (χ4v) is 3.32. The quantitative estimate of drug-likeness (QED) is 0.865. The molecule has 1 aliphatic rings. The highest BCUT2D eigenvalue weighted by Gasteiger charge is 2.38. The first-order valence-electron chi connectivity index (χ1n) is 8.19. The normalized spacial score (nSPS) is 16.8. The monoisotopic (exact) mass is 348 g/mol. The van der Waals surface area contributed by atoms with Gasteiger partial charge in [0, 0.05) is 6.92 Å². The average molecular weight is 349 g/mol. The molecule has 2 N–H and O–H groups in total. The Labute approximate surface area is 146 Å². The van der Waals surface area contributed by atoms with Crippen molar-refractivity contribution in [3.63, 3.8) is 0 Å². The lowest BCUT2D eigenvalue weighted by atomic mass is 9.81. The molecule has 1 heterocycles. The molecule has 0 unspecified atom stereocenters. The highest BCUT2D eigenvalue weighted by molar-refractivity contribution is 6.33. The van der Waals surface area contributed by atoms with E-state index in [9.17, 15) is 4.79 Å². The molecule has 6 nitrogen and oxygen atoms in total. The van der Waals surface area contributed by atoms with Gasteiger partial charge in [-0.1, -0.05) is 48.2 Å². The number of nitrogens with one attached hydrogen (secondary N) is 2. The maximum atomic E-state index is 12.3. The SMILES string of the molecule is Cc1nc(C2(NCC(=O)Nc3ccccc3Cl)CCCCC2)no1. The van der Waals surface area contributed by atoms with Crippen LogP contribution in [0.15, 0.2) is 28.8 Å². The number of benzene rings is 1. The van der Waals surface area contributed by atoms with E-state index < -0.39 is 5.54 Å². The number of nitrogens with zero attached hydrogens (tertiary/aromatic N) is 2. The van der Waals surface area contributed by atoms with Crippen LogP contribution >= 0.6 is 11.6 Å². The number of hydrogen-bond donors (Lipinski definition) is 2. The average Bonchev–Trinajstić information content (AvgIpc) is 3.03. The molecule has 1 aromatic carbocycles. The van der Waals surface area contributed by atoms with Crippen molar-refractivity contribution in [2.24, 2.45) is 0 Å². The number of aromatic nitrogens is 2. The van der Waals surface area contributed by atoms with Crippen LogP contribution in [0.3, 0.4) is 0 Å². The lowest BCUT2D eigenvalue weighted by Gasteiger charge is -2.35. The molecule has 128 valence electrons. The van der Waals surface area contributed by atoms with E-state index in [1.807, 2.05) is 12.1 Å². The summed E-state index contributed by atoms with van der Waals surface area (Å²) < 4.78 is 5.14. The minimum Gasteiger partial charge on any atom is -0.340 e. The zero-order chi connectivity index (χ0) is 17.0. The molecule has 2 aromatic rings. The number of carbonyl (C=O) groups excluding carboxylic acids is 1. The number of hydrogen-bond acceptors (Lipinski definition) is 5. The van der Waals surface area contributed by atoms with Gasteiger partial charge in [0.1, 0.15) is 0 Å². The van der Waals surface area contributed by atoms with Gasteiger partial charge in [-0.05, 0) is 25.0 Å². The number of halogens is 1. The molecule has 1 aliphatic carbocycles. The van der Waals surface area contributed by atoms with E-state index in [0.29, 0.717) is 22.4 Å². The van der Waals surface area contributed by atoms with Crippen molar-refractivity contribution in [1.82, 2.24) is 15.5 Å². The van der Waals surface area contributed by atoms with Crippen molar-refractivity contribution in [3.05, 3.63) is 41.0 Å².